The first kappa shape index (κ1) is 22.3. The Morgan fingerprint density at radius 2 is 1.92 bits per heavy atom. The Bertz CT molecular complexity index is 616. The van der Waals surface area contributed by atoms with Crippen molar-refractivity contribution in [1.29, 1.82) is 0 Å². The van der Waals surface area contributed by atoms with Crippen molar-refractivity contribution in [1.82, 2.24) is 0 Å². The van der Waals surface area contributed by atoms with Gasteiger partial charge in [-0.15, -0.1) is 0 Å². The monoisotopic (exact) mass is 364 g/mol. The molecule has 0 aliphatic carbocycles. The number of Topliss-reactive ketones (excluding diaryl/α,β-unsaturated/α-hetero) is 1. The minimum Gasteiger partial charge on any atom is -0.457 e. The Balaban J connectivity index is 3.32. The van der Waals surface area contributed by atoms with E-state index in [4.69, 9.17) is 4.74 Å². The molecule has 5 nitrogen and oxygen atoms in total. The van der Waals surface area contributed by atoms with Crippen molar-refractivity contribution in [3.63, 3.8) is 0 Å². The maximum atomic E-state index is 12.7. The molecule has 26 heavy (non-hydrogen) atoms. The van der Waals surface area contributed by atoms with Crippen LogP contribution < -0.4 is 0 Å². The fraction of sp³-hybridized carbons (Fsp3) is 0.619. The van der Waals surface area contributed by atoms with Gasteiger partial charge in [0, 0.05) is 6.42 Å². The maximum Gasteiger partial charge on any atom is 0.316 e. The molecule has 0 saturated heterocycles. The van der Waals surface area contributed by atoms with Gasteiger partial charge in [-0.2, -0.15) is 0 Å². The third-order valence-electron chi connectivity index (χ3n) is 4.76. The van der Waals surface area contributed by atoms with Crippen LogP contribution in [0.1, 0.15) is 53.9 Å². The van der Waals surface area contributed by atoms with Crippen LogP contribution in [-0.2, 0) is 14.3 Å². The van der Waals surface area contributed by atoms with E-state index in [0.717, 1.165) is 16.7 Å². The molecule has 0 aromatic rings. The largest absolute Gasteiger partial charge is 0.457 e. The van der Waals surface area contributed by atoms with Gasteiger partial charge in [0.1, 0.15) is 12.0 Å². The number of carbonyl (C=O) groups is 2. The number of esters is 1. The van der Waals surface area contributed by atoms with E-state index in [1.165, 1.54) is 6.92 Å². The van der Waals surface area contributed by atoms with E-state index >= 15 is 0 Å². The highest BCUT2D eigenvalue weighted by molar-refractivity contribution is 6.03. The summed E-state index contributed by atoms with van der Waals surface area (Å²) in [5.41, 5.74) is 0.576. The van der Waals surface area contributed by atoms with Crippen LogP contribution >= 0.6 is 0 Å². The number of ketones is 1. The lowest BCUT2D eigenvalue weighted by molar-refractivity contribution is -0.161. The highest BCUT2D eigenvalue weighted by atomic mass is 16.5. The van der Waals surface area contributed by atoms with E-state index in [0.29, 0.717) is 12.8 Å². The minimum absolute atomic E-state index is 0.0250. The number of aliphatic hydroxyl groups is 2. The highest BCUT2D eigenvalue weighted by Crippen LogP contribution is 2.26. The number of aliphatic hydroxyl groups excluding tert-OH is 1. The van der Waals surface area contributed by atoms with Crippen LogP contribution in [0.2, 0.25) is 0 Å². The molecule has 0 aromatic heterocycles. The number of rotatable bonds is 2. The van der Waals surface area contributed by atoms with Crippen molar-refractivity contribution in [3.8, 4) is 0 Å². The summed E-state index contributed by atoms with van der Waals surface area (Å²) in [5.74, 6) is -2.42. The molecule has 1 heterocycles. The Kier molecular flexibility index (Phi) is 7.97. The molecule has 0 saturated carbocycles. The second kappa shape index (κ2) is 9.28. The summed E-state index contributed by atoms with van der Waals surface area (Å²) < 4.78 is 5.50. The third kappa shape index (κ3) is 5.64. The fourth-order valence-corrected chi connectivity index (χ4v) is 3.42. The highest BCUT2D eigenvalue weighted by Gasteiger charge is 2.42. The second-order valence-corrected chi connectivity index (χ2v) is 7.53. The Labute approximate surface area is 156 Å². The van der Waals surface area contributed by atoms with Gasteiger partial charge in [0.25, 0.3) is 0 Å². The van der Waals surface area contributed by atoms with Crippen LogP contribution in [0.3, 0.4) is 0 Å². The van der Waals surface area contributed by atoms with Gasteiger partial charge in [0.2, 0.25) is 0 Å². The van der Waals surface area contributed by atoms with Crippen molar-refractivity contribution in [2.24, 2.45) is 11.8 Å². The molecule has 0 amide bonds. The second-order valence-electron chi connectivity index (χ2n) is 7.53. The molecule has 5 heteroatoms. The van der Waals surface area contributed by atoms with Crippen LogP contribution in [0.4, 0.5) is 0 Å². The van der Waals surface area contributed by atoms with E-state index in [1.807, 2.05) is 32.9 Å². The number of hydrogen-bond acceptors (Lipinski definition) is 5. The van der Waals surface area contributed by atoms with Crippen molar-refractivity contribution in [2.45, 2.75) is 65.6 Å². The molecular weight excluding hydrogens is 332 g/mol. The van der Waals surface area contributed by atoms with Crippen LogP contribution in [0.25, 0.3) is 0 Å². The number of cyclic esters (lactones) is 1. The van der Waals surface area contributed by atoms with Gasteiger partial charge in [-0.3, -0.25) is 9.59 Å². The Hall–Kier alpha value is -1.72. The van der Waals surface area contributed by atoms with Crippen LogP contribution in [0, 0.1) is 11.8 Å². The van der Waals surface area contributed by atoms with Crippen LogP contribution in [0.5, 0.6) is 0 Å². The molecule has 4 atom stereocenters. The molecule has 2 N–H and O–H groups in total. The third-order valence-corrected chi connectivity index (χ3v) is 4.76. The average molecular weight is 364 g/mol. The lowest BCUT2D eigenvalue weighted by atomic mass is 9.84. The summed E-state index contributed by atoms with van der Waals surface area (Å²) >= 11 is 0. The van der Waals surface area contributed by atoms with Gasteiger partial charge in [-0.05, 0) is 45.1 Å². The molecule has 0 bridgehead atoms. The molecule has 0 fully saturated rings. The summed E-state index contributed by atoms with van der Waals surface area (Å²) in [5, 5.41) is 20.3. The van der Waals surface area contributed by atoms with Crippen molar-refractivity contribution in [2.75, 3.05) is 6.61 Å². The zero-order valence-corrected chi connectivity index (χ0v) is 16.5. The predicted octanol–water partition coefficient (Wildman–Crippen LogP) is 3.12. The van der Waals surface area contributed by atoms with E-state index in [9.17, 15) is 19.8 Å². The Morgan fingerprint density at radius 3 is 2.46 bits per heavy atom. The zero-order valence-electron chi connectivity index (χ0n) is 16.5. The lowest BCUT2D eigenvalue weighted by Crippen LogP contribution is -2.48. The first-order valence-electron chi connectivity index (χ1n) is 9.15. The van der Waals surface area contributed by atoms with Gasteiger partial charge in [0.05, 0.1) is 6.61 Å². The number of hydrogen-bond donors (Lipinski definition) is 2. The molecule has 1 aliphatic rings. The zero-order chi connectivity index (χ0) is 20.1. The summed E-state index contributed by atoms with van der Waals surface area (Å²) in [4.78, 5) is 25.1. The van der Waals surface area contributed by atoms with Gasteiger partial charge in [0.15, 0.2) is 11.4 Å². The van der Waals surface area contributed by atoms with E-state index < -0.39 is 36.0 Å². The SMILES string of the molecule is C=C1/C=C(\C)[C@H](CC)OC(=O)[C@H](C)C(=O)[C@](O)(CO)C/C(C)=C/[C@@H](C)C1. The smallest absolute Gasteiger partial charge is 0.316 e. The van der Waals surface area contributed by atoms with Crippen molar-refractivity contribution in [3.05, 3.63) is 35.5 Å². The quantitative estimate of drug-likeness (QED) is 0.447. The molecule has 0 unspecified atom stereocenters. The summed E-state index contributed by atoms with van der Waals surface area (Å²) in [6.07, 6.45) is 4.70. The van der Waals surface area contributed by atoms with E-state index in [-0.39, 0.29) is 12.3 Å². The van der Waals surface area contributed by atoms with Crippen LogP contribution in [-0.4, -0.2) is 40.3 Å². The van der Waals surface area contributed by atoms with E-state index in [2.05, 4.69) is 6.58 Å². The van der Waals surface area contributed by atoms with Crippen molar-refractivity contribution < 1.29 is 24.5 Å². The summed E-state index contributed by atoms with van der Waals surface area (Å²) in [6.45, 7) is 12.3. The lowest BCUT2D eigenvalue weighted by Gasteiger charge is -2.28. The first-order chi connectivity index (χ1) is 12.0. The molecule has 1 rings (SSSR count). The van der Waals surface area contributed by atoms with Crippen LogP contribution in [0.15, 0.2) is 35.5 Å². The van der Waals surface area contributed by atoms with Gasteiger partial charge in [-0.1, -0.05) is 43.7 Å². The number of ether oxygens (including phenoxy) is 1. The maximum absolute atomic E-state index is 12.7. The molecule has 1 aliphatic heterocycles. The molecule has 0 radical (unpaired) electrons. The van der Waals surface area contributed by atoms with E-state index in [1.54, 1.807) is 6.92 Å². The molecular formula is C21H32O5. The summed E-state index contributed by atoms with van der Waals surface area (Å²) in [7, 11) is 0. The van der Waals surface area contributed by atoms with Gasteiger partial charge < -0.3 is 14.9 Å². The normalized spacial score (nSPS) is 36.4. The minimum atomic E-state index is -1.99. The average Bonchev–Trinajstić information content (AvgIpc) is 2.56. The number of carbonyl (C=O) groups excluding carboxylic acids is 2. The molecule has 146 valence electrons. The van der Waals surface area contributed by atoms with Gasteiger partial charge in [-0.25, -0.2) is 0 Å². The molecule has 0 aromatic carbocycles. The number of allylic oxidation sites excluding steroid dienone is 3. The predicted molar refractivity (Wildman–Crippen MR) is 101 cm³/mol. The van der Waals surface area contributed by atoms with Crippen molar-refractivity contribution >= 4 is 11.8 Å². The summed E-state index contributed by atoms with van der Waals surface area (Å²) in [6, 6.07) is 0. The topological polar surface area (TPSA) is 83.8 Å². The fourth-order valence-electron chi connectivity index (χ4n) is 3.42. The van der Waals surface area contributed by atoms with Gasteiger partial charge >= 0.3 is 5.97 Å². The Morgan fingerprint density at radius 1 is 1.31 bits per heavy atom. The standard InChI is InChI=1S/C21H32O5/c1-7-18-16(5)10-14(3)8-13(2)9-15(4)11-21(25,12-22)19(23)17(6)20(24)26-18/h9-10,13,17-18,22,25H,3,7-8,11-12H2,1-2,4-6H3/b15-9+,16-10+/t13-,17+,18-,21+/m0/s1. The molecule has 0 spiro atoms. The first-order valence-corrected chi connectivity index (χ1v) is 9.15.